The fourth-order valence-electron chi connectivity index (χ4n) is 1.41. The lowest BCUT2D eigenvalue weighted by atomic mass is 10.1. The molecule has 2 rings (SSSR count). The Morgan fingerprint density at radius 1 is 1.06 bits per heavy atom. The van der Waals surface area contributed by atoms with E-state index in [2.05, 4.69) is 30.9 Å². The van der Waals surface area contributed by atoms with Gasteiger partial charge < -0.3 is 11.5 Å². The maximum atomic E-state index is 5.53. The predicted octanol–water partition coefficient (Wildman–Crippen LogP) is 1.77. The number of benzene rings is 1. The van der Waals surface area contributed by atoms with Crippen molar-refractivity contribution >= 4 is 27.8 Å². The van der Waals surface area contributed by atoms with E-state index in [-0.39, 0.29) is 11.9 Å². The molecule has 82 valence electrons. The van der Waals surface area contributed by atoms with Gasteiger partial charge in [-0.1, -0.05) is 15.9 Å². The van der Waals surface area contributed by atoms with Gasteiger partial charge in [0.2, 0.25) is 11.9 Å². The van der Waals surface area contributed by atoms with Crippen molar-refractivity contribution in [3.05, 3.63) is 28.2 Å². The molecule has 16 heavy (non-hydrogen) atoms. The van der Waals surface area contributed by atoms with Crippen LogP contribution in [0.3, 0.4) is 0 Å². The third kappa shape index (κ3) is 2.11. The van der Waals surface area contributed by atoms with Gasteiger partial charge in [-0.2, -0.15) is 15.0 Å². The quantitative estimate of drug-likeness (QED) is 0.830. The van der Waals surface area contributed by atoms with E-state index in [1.54, 1.807) is 0 Å². The SMILES string of the molecule is Cc1cc(Br)ccc1-c1nc(N)nc(N)n1. The largest absolute Gasteiger partial charge is 0.368 e. The van der Waals surface area contributed by atoms with Crippen molar-refractivity contribution in [2.45, 2.75) is 6.92 Å². The molecule has 0 spiro atoms. The van der Waals surface area contributed by atoms with Gasteiger partial charge in [-0.15, -0.1) is 0 Å². The van der Waals surface area contributed by atoms with Crippen LogP contribution in [0, 0.1) is 6.92 Å². The predicted molar refractivity (Wildman–Crippen MR) is 66.5 cm³/mol. The fraction of sp³-hybridized carbons (Fsp3) is 0.100. The lowest BCUT2D eigenvalue weighted by Crippen LogP contribution is -2.04. The van der Waals surface area contributed by atoms with Gasteiger partial charge in [0.15, 0.2) is 5.82 Å². The van der Waals surface area contributed by atoms with Crippen molar-refractivity contribution in [3.8, 4) is 11.4 Å². The van der Waals surface area contributed by atoms with Gasteiger partial charge in [0, 0.05) is 10.0 Å². The fourth-order valence-corrected chi connectivity index (χ4v) is 1.88. The number of nitrogens with two attached hydrogens (primary N) is 2. The second-order valence-corrected chi connectivity index (χ2v) is 4.25. The van der Waals surface area contributed by atoms with Crippen LogP contribution in [0.1, 0.15) is 5.56 Å². The van der Waals surface area contributed by atoms with Gasteiger partial charge in [0.1, 0.15) is 0 Å². The van der Waals surface area contributed by atoms with Crippen LogP contribution in [0.4, 0.5) is 11.9 Å². The maximum Gasteiger partial charge on any atom is 0.225 e. The Kier molecular flexibility index (Phi) is 2.74. The molecule has 0 bridgehead atoms. The van der Waals surface area contributed by atoms with Crippen LogP contribution in [0.15, 0.2) is 22.7 Å². The van der Waals surface area contributed by atoms with Gasteiger partial charge in [0.25, 0.3) is 0 Å². The van der Waals surface area contributed by atoms with Crippen molar-refractivity contribution in [3.63, 3.8) is 0 Å². The van der Waals surface area contributed by atoms with Crippen molar-refractivity contribution in [2.75, 3.05) is 11.5 Å². The summed E-state index contributed by atoms with van der Waals surface area (Å²) in [6.45, 7) is 1.97. The van der Waals surface area contributed by atoms with Crippen molar-refractivity contribution in [1.29, 1.82) is 0 Å². The van der Waals surface area contributed by atoms with Crippen LogP contribution in [0.2, 0.25) is 0 Å². The molecular formula is C10H10BrN5. The van der Waals surface area contributed by atoms with Crippen molar-refractivity contribution in [2.24, 2.45) is 0 Å². The Bertz CT molecular complexity index is 520. The molecule has 0 saturated carbocycles. The monoisotopic (exact) mass is 279 g/mol. The molecule has 4 N–H and O–H groups in total. The first-order valence-corrected chi connectivity index (χ1v) is 5.39. The van der Waals surface area contributed by atoms with E-state index in [1.165, 1.54) is 0 Å². The van der Waals surface area contributed by atoms with Gasteiger partial charge in [-0.05, 0) is 30.7 Å². The highest BCUT2D eigenvalue weighted by Crippen LogP contribution is 2.23. The summed E-state index contributed by atoms with van der Waals surface area (Å²) in [4.78, 5) is 11.8. The van der Waals surface area contributed by atoms with Crippen molar-refractivity contribution < 1.29 is 0 Å². The molecule has 1 aromatic heterocycles. The summed E-state index contributed by atoms with van der Waals surface area (Å²) in [5.41, 5.74) is 13.0. The van der Waals surface area contributed by atoms with Crippen molar-refractivity contribution in [1.82, 2.24) is 15.0 Å². The van der Waals surface area contributed by atoms with E-state index in [1.807, 2.05) is 25.1 Å². The van der Waals surface area contributed by atoms with Gasteiger partial charge in [-0.3, -0.25) is 0 Å². The smallest absolute Gasteiger partial charge is 0.225 e. The summed E-state index contributed by atoms with van der Waals surface area (Å²) < 4.78 is 1.00. The highest BCUT2D eigenvalue weighted by Gasteiger charge is 2.07. The standard InChI is InChI=1S/C10H10BrN5/c1-5-4-6(11)2-3-7(5)8-14-9(12)16-10(13)15-8/h2-4H,1H3,(H4,12,13,14,15,16). The zero-order valence-electron chi connectivity index (χ0n) is 8.61. The minimum Gasteiger partial charge on any atom is -0.368 e. The Morgan fingerprint density at radius 3 is 2.25 bits per heavy atom. The minimum absolute atomic E-state index is 0.129. The average Bonchev–Trinajstić information content (AvgIpc) is 2.15. The second-order valence-electron chi connectivity index (χ2n) is 3.33. The van der Waals surface area contributed by atoms with Gasteiger partial charge in [0.05, 0.1) is 0 Å². The first kappa shape index (κ1) is 10.8. The number of hydrogen-bond acceptors (Lipinski definition) is 5. The van der Waals surface area contributed by atoms with E-state index in [0.29, 0.717) is 5.82 Å². The van der Waals surface area contributed by atoms with Gasteiger partial charge in [-0.25, -0.2) is 0 Å². The maximum absolute atomic E-state index is 5.53. The number of aromatic nitrogens is 3. The van der Waals surface area contributed by atoms with E-state index in [4.69, 9.17) is 11.5 Å². The molecule has 0 aliphatic rings. The van der Waals surface area contributed by atoms with Crippen LogP contribution in [0.25, 0.3) is 11.4 Å². The molecule has 1 heterocycles. The first-order valence-electron chi connectivity index (χ1n) is 4.60. The summed E-state index contributed by atoms with van der Waals surface area (Å²) in [6.07, 6.45) is 0. The lowest BCUT2D eigenvalue weighted by molar-refractivity contribution is 1.08. The third-order valence-corrected chi connectivity index (χ3v) is 2.59. The lowest BCUT2D eigenvalue weighted by Gasteiger charge is -2.05. The molecule has 2 aromatic rings. The molecule has 0 amide bonds. The molecule has 5 nitrogen and oxygen atoms in total. The number of nitrogen functional groups attached to an aromatic ring is 2. The number of aryl methyl sites for hydroxylation is 1. The Hall–Kier alpha value is -1.69. The van der Waals surface area contributed by atoms with Crippen LogP contribution in [0.5, 0.6) is 0 Å². The van der Waals surface area contributed by atoms with E-state index in [9.17, 15) is 0 Å². The zero-order valence-corrected chi connectivity index (χ0v) is 10.2. The normalized spacial score (nSPS) is 10.4. The zero-order chi connectivity index (χ0) is 11.7. The van der Waals surface area contributed by atoms with Crippen LogP contribution < -0.4 is 11.5 Å². The number of rotatable bonds is 1. The second kappa shape index (κ2) is 4.05. The average molecular weight is 280 g/mol. The van der Waals surface area contributed by atoms with E-state index in [0.717, 1.165) is 15.6 Å². The number of halogens is 1. The number of hydrogen-bond donors (Lipinski definition) is 2. The molecule has 0 fully saturated rings. The highest BCUT2D eigenvalue weighted by atomic mass is 79.9. The molecule has 0 unspecified atom stereocenters. The van der Waals surface area contributed by atoms with Gasteiger partial charge >= 0.3 is 0 Å². The summed E-state index contributed by atoms with van der Waals surface area (Å²) >= 11 is 3.40. The Morgan fingerprint density at radius 2 is 1.69 bits per heavy atom. The van der Waals surface area contributed by atoms with E-state index >= 15 is 0 Å². The summed E-state index contributed by atoms with van der Waals surface area (Å²) in [6, 6.07) is 5.80. The number of nitrogens with zero attached hydrogens (tertiary/aromatic N) is 3. The summed E-state index contributed by atoms with van der Waals surface area (Å²) in [7, 11) is 0. The first-order chi connectivity index (χ1) is 7.56. The molecule has 0 aliphatic heterocycles. The molecule has 0 saturated heterocycles. The topological polar surface area (TPSA) is 90.7 Å². The van der Waals surface area contributed by atoms with Crippen LogP contribution in [-0.4, -0.2) is 15.0 Å². The van der Waals surface area contributed by atoms with Crippen LogP contribution in [-0.2, 0) is 0 Å². The molecule has 0 radical (unpaired) electrons. The molecular weight excluding hydrogens is 270 g/mol. The molecule has 0 atom stereocenters. The Balaban J connectivity index is 2.58. The Labute approximate surface area is 101 Å². The number of anilines is 2. The molecule has 1 aromatic carbocycles. The summed E-state index contributed by atoms with van der Waals surface area (Å²) in [5, 5.41) is 0. The molecule has 0 aliphatic carbocycles. The van der Waals surface area contributed by atoms with Crippen LogP contribution >= 0.6 is 15.9 Å². The molecule has 6 heteroatoms. The minimum atomic E-state index is 0.129. The highest BCUT2D eigenvalue weighted by molar-refractivity contribution is 9.10. The third-order valence-electron chi connectivity index (χ3n) is 2.10. The van der Waals surface area contributed by atoms with E-state index < -0.39 is 0 Å². The summed E-state index contributed by atoms with van der Waals surface area (Å²) in [5.74, 6) is 0.754.